The SMILES string of the molecule is NC(=O)c1ccc(NC(=O)Cc2ccn(-c3ccc(F)cc3)n2)cc1Cl. The van der Waals surface area contributed by atoms with Crippen LogP contribution in [0, 0.1) is 5.82 Å². The van der Waals surface area contributed by atoms with Gasteiger partial charge in [0, 0.05) is 11.9 Å². The second-order valence-corrected chi connectivity index (χ2v) is 5.92. The molecular formula is C18H14ClFN4O2. The lowest BCUT2D eigenvalue weighted by Gasteiger charge is -2.06. The van der Waals surface area contributed by atoms with Gasteiger partial charge in [0.25, 0.3) is 0 Å². The van der Waals surface area contributed by atoms with Gasteiger partial charge in [0.05, 0.1) is 28.4 Å². The van der Waals surface area contributed by atoms with Gasteiger partial charge in [-0.3, -0.25) is 9.59 Å². The Balaban J connectivity index is 1.66. The molecule has 0 bridgehead atoms. The quantitative estimate of drug-likeness (QED) is 0.721. The third-order valence-corrected chi connectivity index (χ3v) is 3.91. The van der Waals surface area contributed by atoms with Gasteiger partial charge < -0.3 is 11.1 Å². The average Bonchev–Trinajstić information content (AvgIpc) is 3.03. The second-order valence-electron chi connectivity index (χ2n) is 5.51. The first-order chi connectivity index (χ1) is 12.4. The zero-order valence-corrected chi connectivity index (χ0v) is 14.2. The van der Waals surface area contributed by atoms with Gasteiger partial charge in [-0.1, -0.05) is 11.6 Å². The number of anilines is 1. The predicted octanol–water partition coefficient (Wildman–Crippen LogP) is 2.94. The van der Waals surface area contributed by atoms with Gasteiger partial charge in [0.2, 0.25) is 11.8 Å². The van der Waals surface area contributed by atoms with Crippen molar-refractivity contribution < 1.29 is 14.0 Å². The second kappa shape index (κ2) is 7.37. The minimum absolute atomic E-state index is 0.0450. The summed E-state index contributed by atoms with van der Waals surface area (Å²) in [7, 11) is 0. The Morgan fingerprint density at radius 3 is 2.54 bits per heavy atom. The van der Waals surface area contributed by atoms with Gasteiger partial charge in [0.15, 0.2) is 0 Å². The fourth-order valence-corrected chi connectivity index (χ4v) is 2.63. The van der Waals surface area contributed by atoms with Crippen LogP contribution in [0.1, 0.15) is 16.1 Å². The molecule has 26 heavy (non-hydrogen) atoms. The number of halogens is 2. The molecule has 3 rings (SSSR count). The molecule has 0 fully saturated rings. The van der Waals surface area contributed by atoms with Crippen LogP contribution in [0.15, 0.2) is 54.7 Å². The number of aromatic nitrogens is 2. The number of carbonyl (C=O) groups excluding carboxylic acids is 2. The van der Waals surface area contributed by atoms with Gasteiger partial charge in [-0.2, -0.15) is 5.10 Å². The minimum Gasteiger partial charge on any atom is -0.366 e. The van der Waals surface area contributed by atoms with Crippen LogP contribution in [-0.2, 0) is 11.2 Å². The van der Waals surface area contributed by atoms with E-state index in [0.717, 1.165) is 0 Å². The number of nitrogens with zero attached hydrogens (tertiary/aromatic N) is 2. The molecule has 132 valence electrons. The summed E-state index contributed by atoms with van der Waals surface area (Å²) in [5.41, 5.74) is 7.05. The summed E-state index contributed by atoms with van der Waals surface area (Å²) in [6.45, 7) is 0. The Bertz CT molecular complexity index is 970. The topological polar surface area (TPSA) is 90.0 Å². The molecule has 0 saturated carbocycles. The van der Waals surface area contributed by atoms with Crippen molar-refractivity contribution in [1.29, 1.82) is 0 Å². The Morgan fingerprint density at radius 2 is 1.88 bits per heavy atom. The summed E-state index contributed by atoms with van der Waals surface area (Å²) < 4.78 is 14.5. The smallest absolute Gasteiger partial charge is 0.250 e. The molecule has 0 unspecified atom stereocenters. The van der Waals surface area contributed by atoms with E-state index >= 15 is 0 Å². The van der Waals surface area contributed by atoms with Crippen LogP contribution in [-0.4, -0.2) is 21.6 Å². The summed E-state index contributed by atoms with van der Waals surface area (Å²) in [4.78, 5) is 23.3. The maximum Gasteiger partial charge on any atom is 0.250 e. The normalized spacial score (nSPS) is 10.5. The third kappa shape index (κ3) is 4.07. The third-order valence-electron chi connectivity index (χ3n) is 3.60. The Labute approximate surface area is 153 Å². The highest BCUT2D eigenvalue weighted by atomic mass is 35.5. The van der Waals surface area contributed by atoms with Gasteiger partial charge in [0.1, 0.15) is 5.82 Å². The predicted molar refractivity (Wildman–Crippen MR) is 95.8 cm³/mol. The Hall–Kier alpha value is -3.19. The van der Waals surface area contributed by atoms with Crippen LogP contribution < -0.4 is 11.1 Å². The number of benzene rings is 2. The number of hydrogen-bond acceptors (Lipinski definition) is 3. The summed E-state index contributed by atoms with van der Waals surface area (Å²) in [5, 5.41) is 7.14. The first-order valence-electron chi connectivity index (χ1n) is 7.62. The van der Waals surface area contributed by atoms with Gasteiger partial charge in [-0.25, -0.2) is 9.07 Å². The van der Waals surface area contributed by atoms with Gasteiger partial charge >= 0.3 is 0 Å². The zero-order chi connectivity index (χ0) is 18.7. The summed E-state index contributed by atoms with van der Waals surface area (Å²) >= 11 is 5.96. The highest BCUT2D eigenvalue weighted by molar-refractivity contribution is 6.34. The maximum absolute atomic E-state index is 13.0. The fraction of sp³-hybridized carbons (Fsp3) is 0.0556. The van der Waals surface area contributed by atoms with Crippen molar-refractivity contribution in [3.05, 3.63) is 76.8 Å². The molecule has 0 aliphatic rings. The largest absolute Gasteiger partial charge is 0.366 e. The van der Waals surface area contributed by atoms with Crippen molar-refractivity contribution in [3.8, 4) is 5.69 Å². The number of rotatable bonds is 5. The molecule has 2 amide bonds. The number of hydrogen-bond donors (Lipinski definition) is 2. The number of nitrogens with one attached hydrogen (secondary N) is 1. The summed E-state index contributed by atoms with van der Waals surface area (Å²) in [5.74, 6) is -1.27. The van der Waals surface area contributed by atoms with Gasteiger partial charge in [-0.15, -0.1) is 0 Å². The zero-order valence-electron chi connectivity index (χ0n) is 13.4. The van der Waals surface area contributed by atoms with Crippen molar-refractivity contribution in [2.45, 2.75) is 6.42 Å². The van der Waals surface area contributed by atoms with E-state index in [0.29, 0.717) is 17.1 Å². The van der Waals surface area contributed by atoms with E-state index in [9.17, 15) is 14.0 Å². The average molecular weight is 373 g/mol. The molecular weight excluding hydrogens is 359 g/mol. The Morgan fingerprint density at radius 1 is 1.15 bits per heavy atom. The molecule has 0 aliphatic heterocycles. The number of amides is 2. The van der Waals surface area contributed by atoms with Crippen molar-refractivity contribution in [2.24, 2.45) is 5.73 Å². The molecule has 6 nitrogen and oxygen atoms in total. The molecule has 0 saturated heterocycles. The molecule has 0 spiro atoms. The van der Waals surface area contributed by atoms with E-state index in [1.807, 2.05) is 0 Å². The van der Waals surface area contributed by atoms with E-state index in [4.69, 9.17) is 17.3 Å². The number of carbonyl (C=O) groups is 2. The van der Waals surface area contributed by atoms with Crippen LogP contribution in [0.5, 0.6) is 0 Å². The monoisotopic (exact) mass is 372 g/mol. The molecule has 2 aromatic carbocycles. The highest BCUT2D eigenvalue weighted by Gasteiger charge is 2.11. The van der Waals surface area contributed by atoms with Crippen molar-refractivity contribution in [2.75, 3.05) is 5.32 Å². The van der Waals surface area contributed by atoms with E-state index in [-0.39, 0.29) is 28.7 Å². The summed E-state index contributed by atoms with van der Waals surface area (Å²) in [6, 6.07) is 12.0. The fourth-order valence-electron chi connectivity index (χ4n) is 2.36. The molecule has 1 aromatic heterocycles. The highest BCUT2D eigenvalue weighted by Crippen LogP contribution is 2.20. The van der Waals surface area contributed by atoms with Crippen LogP contribution >= 0.6 is 11.6 Å². The van der Waals surface area contributed by atoms with Crippen molar-refractivity contribution in [1.82, 2.24) is 9.78 Å². The van der Waals surface area contributed by atoms with Crippen molar-refractivity contribution >= 4 is 29.1 Å². The molecule has 3 aromatic rings. The summed E-state index contributed by atoms with van der Waals surface area (Å²) in [6.07, 6.45) is 1.73. The molecule has 0 radical (unpaired) electrons. The van der Waals surface area contributed by atoms with Gasteiger partial charge in [-0.05, 0) is 48.5 Å². The lowest BCUT2D eigenvalue weighted by atomic mass is 10.2. The van der Waals surface area contributed by atoms with Crippen LogP contribution in [0.2, 0.25) is 5.02 Å². The minimum atomic E-state index is -0.640. The molecule has 1 heterocycles. The number of primary amides is 1. The van der Waals surface area contributed by atoms with E-state index in [1.54, 1.807) is 35.1 Å². The first-order valence-corrected chi connectivity index (χ1v) is 8.00. The van der Waals surface area contributed by atoms with E-state index in [1.165, 1.54) is 24.3 Å². The van der Waals surface area contributed by atoms with Crippen molar-refractivity contribution in [3.63, 3.8) is 0 Å². The van der Waals surface area contributed by atoms with Crippen LogP contribution in [0.25, 0.3) is 5.69 Å². The standard InChI is InChI=1S/C18H14ClFN4O2/c19-16-9-12(3-6-15(16)18(21)26)22-17(25)10-13-7-8-24(23-13)14-4-1-11(20)2-5-14/h1-9H,10H2,(H2,21,26)(H,22,25). The Kier molecular flexibility index (Phi) is 4.99. The van der Waals surface area contributed by atoms with E-state index < -0.39 is 5.91 Å². The molecule has 0 aliphatic carbocycles. The molecule has 8 heteroatoms. The first kappa shape index (κ1) is 17.6. The molecule has 3 N–H and O–H groups in total. The molecule has 0 atom stereocenters. The van der Waals surface area contributed by atoms with E-state index in [2.05, 4.69) is 10.4 Å². The lowest BCUT2D eigenvalue weighted by Crippen LogP contribution is -2.16. The maximum atomic E-state index is 13.0. The lowest BCUT2D eigenvalue weighted by molar-refractivity contribution is -0.115. The van der Waals surface area contributed by atoms with Crippen LogP contribution in [0.3, 0.4) is 0 Å². The van der Waals surface area contributed by atoms with Crippen LogP contribution in [0.4, 0.5) is 10.1 Å². The number of nitrogens with two attached hydrogens (primary N) is 1.